The van der Waals surface area contributed by atoms with Crippen LogP contribution in [0.15, 0.2) is 72.9 Å². The molecule has 0 unspecified atom stereocenters. The Kier molecular flexibility index (Phi) is 3.87. The van der Waals surface area contributed by atoms with Gasteiger partial charge in [0.1, 0.15) is 0 Å². The summed E-state index contributed by atoms with van der Waals surface area (Å²) in [6.07, 6.45) is 4.18. The van der Waals surface area contributed by atoms with Crippen molar-refractivity contribution >= 4 is 5.78 Å². The molecule has 2 aromatic carbocycles. The second-order valence-corrected chi connectivity index (χ2v) is 5.45. The third-order valence-corrected chi connectivity index (χ3v) is 4.10. The maximum absolute atomic E-state index is 11.8. The fourth-order valence-corrected chi connectivity index (χ4v) is 2.90. The van der Waals surface area contributed by atoms with Crippen molar-refractivity contribution in [3.05, 3.63) is 84.1 Å². The number of allylic oxidation sites excluding steroid dienone is 1. The number of rotatable bonds is 3. The molecule has 1 aliphatic heterocycles. The van der Waals surface area contributed by atoms with Crippen molar-refractivity contribution in [3.8, 4) is 0 Å². The zero-order chi connectivity index (χ0) is 14.7. The molecule has 21 heavy (non-hydrogen) atoms. The van der Waals surface area contributed by atoms with E-state index in [4.69, 9.17) is 0 Å². The van der Waals surface area contributed by atoms with Crippen LogP contribution in [0.25, 0.3) is 0 Å². The van der Waals surface area contributed by atoms with Gasteiger partial charge >= 0.3 is 0 Å². The zero-order valence-corrected chi connectivity index (χ0v) is 12.1. The minimum Gasteiger partial charge on any atom is -0.363 e. The first kappa shape index (κ1) is 13.6. The normalized spacial score (nSPS) is 19.6. The highest BCUT2D eigenvalue weighted by Gasteiger charge is 2.27. The van der Waals surface area contributed by atoms with Gasteiger partial charge in [0, 0.05) is 12.6 Å². The van der Waals surface area contributed by atoms with Crippen LogP contribution in [-0.2, 0) is 4.79 Å². The molecule has 0 saturated heterocycles. The standard InChI is InChI=1S/C19H19NO/c1-15(16-8-4-2-5-9-16)20-13-12-18(21)14-19(20)17-10-6-3-7-11-17/h2-13,15,19H,14H2,1H3/t15-,19+/m0/s1. The third-order valence-electron chi connectivity index (χ3n) is 4.10. The topological polar surface area (TPSA) is 20.3 Å². The molecule has 0 aliphatic carbocycles. The van der Waals surface area contributed by atoms with Crippen LogP contribution in [0, 0.1) is 0 Å². The molecule has 0 bridgehead atoms. The van der Waals surface area contributed by atoms with Crippen LogP contribution in [0.4, 0.5) is 0 Å². The van der Waals surface area contributed by atoms with Crippen molar-refractivity contribution in [3.63, 3.8) is 0 Å². The highest BCUT2D eigenvalue weighted by Crippen LogP contribution is 2.35. The molecule has 0 saturated carbocycles. The summed E-state index contributed by atoms with van der Waals surface area (Å²) in [5, 5.41) is 0. The van der Waals surface area contributed by atoms with Gasteiger partial charge in [-0.1, -0.05) is 60.7 Å². The maximum atomic E-state index is 11.8. The van der Waals surface area contributed by atoms with Crippen LogP contribution >= 0.6 is 0 Å². The van der Waals surface area contributed by atoms with Crippen LogP contribution in [0.5, 0.6) is 0 Å². The molecular formula is C19H19NO. The van der Waals surface area contributed by atoms with E-state index in [0.29, 0.717) is 6.42 Å². The monoisotopic (exact) mass is 277 g/mol. The van der Waals surface area contributed by atoms with E-state index in [1.165, 1.54) is 11.1 Å². The smallest absolute Gasteiger partial charge is 0.159 e. The van der Waals surface area contributed by atoms with Gasteiger partial charge in [-0.3, -0.25) is 4.79 Å². The molecule has 0 amide bonds. The summed E-state index contributed by atoms with van der Waals surface area (Å²) in [5.41, 5.74) is 2.45. The minimum absolute atomic E-state index is 0.110. The van der Waals surface area contributed by atoms with E-state index in [2.05, 4.69) is 48.2 Å². The SMILES string of the molecule is C[C@@H](c1ccccc1)N1C=CC(=O)C[C@@H]1c1ccccc1. The molecule has 106 valence electrons. The van der Waals surface area contributed by atoms with Crippen molar-refractivity contribution in [2.75, 3.05) is 0 Å². The quantitative estimate of drug-likeness (QED) is 0.834. The first-order chi connectivity index (χ1) is 10.3. The van der Waals surface area contributed by atoms with Crippen LogP contribution in [0.1, 0.15) is 36.6 Å². The number of carbonyl (C=O) groups excluding carboxylic acids is 1. The summed E-state index contributed by atoms with van der Waals surface area (Å²) >= 11 is 0. The second-order valence-electron chi connectivity index (χ2n) is 5.45. The summed E-state index contributed by atoms with van der Waals surface area (Å²) in [7, 11) is 0. The Labute approximate surface area is 125 Å². The summed E-state index contributed by atoms with van der Waals surface area (Å²) in [6, 6.07) is 21.0. The van der Waals surface area contributed by atoms with E-state index in [9.17, 15) is 4.79 Å². The molecule has 2 heteroatoms. The van der Waals surface area contributed by atoms with Crippen molar-refractivity contribution < 1.29 is 4.79 Å². The number of hydrogen-bond acceptors (Lipinski definition) is 2. The predicted molar refractivity (Wildman–Crippen MR) is 84.6 cm³/mol. The van der Waals surface area contributed by atoms with Gasteiger partial charge in [-0.2, -0.15) is 0 Å². The Hall–Kier alpha value is -2.35. The molecule has 1 heterocycles. The lowest BCUT2D eigenvalue weighted by Crippen LogP contribution is -2.31. The lowest BCUT2D eigenvalue weighted by Gasteiger charge is -2.38. The van der Waals surface area contributed by atoms with Gasteiger partial charge in [-0.15, -0.1) is 0 Å². The zero-order valence-electron chi connectivity index (χ0n) is 12.1. The molecule has 0 aromatic heterocycles. The summed E-state index contributed by atoms with van der Waals surface area (Å²) in [6.45, 7) is 2.19. The van der Waals surface area contributed by atoms with Crippen LogP contribution < -0.4 is 0 Å². The highest BCUT2D eigenvalue weighted by atomic mass is 16.1. The minimum atomic E-state index is 0.110. The van der Waals surface area contributed by atoms with Gasteiger partial charge < -0.3 is 4.90 Å². The summed E-state index contributed by atoms with van der Waals surface area (Å²) in [5.74, 6) is 0.195. The van der Waals surface area contributed by atoms with Crippen LogP contribution in [0.2, 0.25) is 0 Å². The Morgan fingerprint density at radius 2 is 1.62 bits per heavy atom. The molecule has 2 atom stereocenters. The molecular weight excluding hydrogens is 258 g/mol. The fourth-order valence-electron chi connectivity index (χ4n) is 2.90. The van der Waals surface area contributed by atoms with E-state index in [1.807, 2.05) is 30.5 Å². The average Bonchev–Trinajstić information content (AvgIpc) is 2.56. The largest absolute Gasteiger partial charge is 0.363 e. The highest BCUT2D eigenvalue weighted by molar-refractivity contribution is 5.91. The van der Waals surface area contributed by atoms with Gasteiger partial charge in [0.2, 0.25) is 0 Å². The van der Waals surface area contributed by atoms with Gasteiger partial charge in [0.15, 0.2) is 5.78 Å². The number of nitrogens with zero attached hydrogens (tertiary/aromatic N) is 1. The molecule has 1 aliphatic rings. The van der Waals surface area contributed by atoms with Gasteiger partial charge in [-0.05, 0) is 24.1 Å². The number of ketones is 1. The van der Waals surface area contributed by atoms with Crippen molar-refractivity contribution in [1.29, 1.82) is 0 Å². The molecule has 2 aromatic rings. The Balaban J connectivity index is 1.94. The van der Waals surface area contributed by atoms with E-state index < -0.39 is 0 Å². The van der Waals surface area contributed by atoms with Gasteiger partial charge in [-0.25, -0.2) is 0 Å². The first-order valence-corrected chi connectivity index (χ1v) is 7.34. The lowest BCUT2D eigenvalue weighted by atomic mass is 9.94. The first-order valence-electron chi connectivity index (χ1n) is 7.34. The Morgan fingerprint density at radius 3 is 2.29 bits per heavy atom. The number of carbonyl (C=O) groups is 1. The molecule has 0 radical (unpaired) electrons. The maximum Gasteiger partial charge on any atom is 0.159 e. The van der Waals surface area contributed by atoms with E-state index >= 15 is 0 Å². The predicted octanol–water partition coefficient (Wildman–Crippen LogP) is 4.28. The molecule has 0 fully saturated rings. The molecule has 0 N–H and O–H groups in total. The molecule has 0 spiro atoms. The van der Waals surface area contributed by atoms with Crippen molar-refractivity contribution in [2.45, 2.75) is 25.4 Å². The van der Waals surface area contributed by atoms with Gasteiger partial charge in [0.05, 0.1) is 12.1 Å². The summed E-state index contributed by atoms with van der Waals surface area (Å²) < 4.78 is 0. The number of hydrogen-bond donors (Lipinski definition) is 0. The van der Waals surface area contributed by atoms with Crippen molar-refractivity contribution in [2.24, 2.45) is 0 Å². The lowest BCUT2D eigenvalue weighted by molar-refractivity contribution is -0.116. The van der Waals surface area contributed by atoms with Gasteiger partial charge in [0.25, 0.3) is 0 Å². The number of benzene rings is 2. The van der Waals surface area contributed by atoms with Crippen LogP contribution in [-0.4, -0.2) is 10.7 Å². The van der Waals surface area contributed by atoms with Crippen LogP contribution in [0.3, 0.4) is 0 Å². The van der Waals surface area contributed by atoms with E-state index in [-0.39, 0.29) is 17.9 Å². The van der Waals surface area contributed by atoms with Crippen molar-refractivity contribution in [1.82, 2.24) is 4.90 Å². The molecule has 3 rings (SSSR count). The van der Waals surface area contributed by atoms with E-state index in [0.717, 1.165) is 0 Å². The molecule has 2 nitrogen and oxygen atoms in total. The second kappa shape index (κ2) is 5.96. The fraction of sp³-hybridized carbons (Fsp3) is 0.211. The van der Waals surface area contributed by atoms with E-state index in [1.54, 1.807) is 6.08 Å². The third kappa shape index (κ3) is 2.89. The Morgan fingerprint density at radius 1 is 1.00 bits per heavy atom. The average molecular weight is 277 g/mol. The Bertz CT molecular complexity index is 633. The summed E-state index contributed by atoms with van der Waals surface area (Å²) in [4.78, 5) is 14.1.